The van der Waals surface area contributed by atoms with Crippen molar-refractivity contribution >= 4 is 5.78 Å². The van der Waals surface area contributed by atoms with Gasteiger partial charge in [0, 0.05) is 5.92 Å². The molecule has 14 heavy (non-hydrogen) atoms. The summed E-state index contributed by atoms with van der Waals surface area (Å²) in [6.45, 7) is 7.39. The molecule has 0 amide bonds. The number of carbonyl (C=O) groups excluding carboxylic acids is 1. The van der Waals surface area contributed by atoms with E-state index in [-0.39, 0.29) is 11.7 Å². The van der Waals surface area contributed by atoms with Crippen LogP contribution in [0.5, 0.6) is 0 Å². The standard InChI is InChI=1S/C13H16O/c1-10(2)13(11(3)14)9-12-7-5-4-6-8-12/h4-8,13H,1,9H2,2-3H3. The van der Waals surface area contributed by atoms with Crippen molar-refractivity contribution in [3.05, 3.63) is 48.0 Å². The zero-order chi connectivity index (χ0) is 10.6. The van der Waals surface area contributed by atoms with Crippen LogP contribution in [0.2, 0.25) is 0 Å². The van der Waals surface area contributed by atoms with Crippen LogP contribution < -0.4 is 0 Å². The molecule has 0 heterocycles. The Bertz CT molecular complexity index is 310. The van der Waals surface area contributed by atoms with Crippen LogP contribution >= 0.6 is 0 Å². The van der Waals surface area contributed by atoms with Gasteiger partial charge in [-0.3, -0.25) is 4.79 Å². The number of rotatable bonds is 4. The SMILES string of the molecule is C=C(C)C(Cc1ccccc1)C(C)=O. The number of Topliss-reactive ketones (excluding diaryl/α,β-unsaturated/α-hetero) is 1. The highest BCUT2D eigenvalue weighted by molar-refractivity contribution is 5.81. The summed E-state index contributed by atoms with van der Waals surface area (Å²) in [5.74, 6) is 0.166. The smallest absolute Gasteiger partial charge is 0.137 e. The maximum atomic E-state index is 11.3. The summed E-state index contributed by atoms with van der Waals surface area (Å²) in [5, 5.41) is 0. The molecule has 0 radical (unpaired) electrons. The molecule has 1 rings (SSSR count). The first-order valence-electron chi connectivity index (χ1n) is 4.81. The molecule has 1 nitrogen and oxygen atoms in total. The van der Waals surface area contributed by atoms with Crippen LogP contribution in [0.25, 0.3) is 0 Å². The monoisotopic (exact) mass is 188 g/mol. The summed E-state index contributed by atoms with van der Waals surface area (Å²) >= 11 is 0. The second-order valence-electron chi connectivity index (χ2n) is 3.70. The van der Waals surface area contributed by atoms with Gasteiger partial charge in [-0.1, -0.05) is 42.5 Å². The zero-order valence-corrected chi connectivity index (χ0v) is 8.79. The van der Waals surface area contributed by atoms with Crippen LogP contribution in [0.4, 0.5) is 0 Å². The molecule has 0 bridgehead atoms. The van der Waals surface area contributed by atoms with Crippen molar-refractivity contribution in [1.82, 2.24) is 0 Å². The molecule has 0 N–H and O–H groups in total. The van der Waals surface area contributed by atoms with E-state index in [1.165, 1.54) is 5.56 Å². The molecule has 0 aromatic heterocycles. The lowest BCUT2D eigenvalue weighted by Crippen LogP contribution is -2.14. The van der Waals surface area contributed by atoms with Crippen molar-refractivity contribution in [1.29, 1.82) is 0 Å². The van der Waals surface area contributed by atoms with Gasteiger partial charge in [0.15, 0.2) is 0 Å². The minimum absolute atomic E-state index is 0.0302. The molecule has 0 saturated carbocycles. The van der Waals surface area contributed by atoms with Gasteiger partial charge in [-0.2, -0.15) is 0 Å². The Hall–Kier alpha value is -1.37. The Labute approximate surface area is 85.5 Å². The fraction of sp³-hybridized carbons (Fsp3) is 0.308. The Balaban J connectivity index is 2.75. The Morgan fingerprint density at radius 1 is 1.29 bits per heavy atom. The highest BCUT2D eigenvalue weighted by Gasteiger charge is 2.14. The van der Waals surface area contributed by atoms with Gasteiger partial charge in [0.05, 0.1) is 0 Å². The summed E-state index contributed by atoms with van der Waals surface area (Å²) in [5.41, 5.74) is 2.14. The van der Waals surface area contributed by atoms with E-state index >= 15 is 0 Å². The van der Waals surface area contributed by atoms with Gasteiger partial charge in [0.2, 0.25) is 0 Å². The minimum atomic E-state index is -0.0302. The van der Waals surface area contributed by atoms with Gasteiger partial charge in [0.1, 0.15) is 5.78 Å². The molecule has 1 aromatic carbocycles. The molecule has 74 valence electrons. The third kappa shape index (κ3) is 2.84. The van der Waals surface area contributed by atoms with Crippen LogP contribution in [0, 0.1) is 5.92 Å². The molecular formula is C13H16O. The lowest BCUT2D eigenvalue weighted by atomic mass is 9.90. The average Bonchev–Trinajstić information content (AvgIpc) is 2.15. The lowest BCUT2D eigenvalue weighted by Gasteiger charge is -2.13. The topological polar surface area (TPSA) is 17.1 Å². The highest BCUT2D eigenvalue weighted by atomic mass is 16.1. The molecule has 1 aromatic rings. The molecule has 1 heteroatoms. The van der Waals surface area contributed by atoms with Crippen molar-refractivity contribution in [2.75, 3.05) is 0 Å². The van der Waals surface area contributed by atoms with E-state index < -0.39 is 0 Å². The van der Waals surface area contributed by atoms with Crippen LogP contribution in [0.15, 0.2) is 42.5 Å². The molecular weight excluding hydrogens is 172 g/mol. The van der Waals surface area contributed by atoms with E-state index in [4.69, 9.17) is 0 Å². The molecule has 0 spiro atoms. The number of allylic oxidation sites excluding steroid dienone is 1. The van der Waals surface area contributed by atoms with Crippen LogP contribution in [-0.2, 0) is 11.2 Å². The third-order valence-electron chi connectivity index (χ3n) is 2.37. The first-order valence-corrected chi connectivity index (χ1v) is 4.81. The molecule has 0 aliphatic carbocycles. The van der Waals surface area contributed by atoms with Crippen LogP contribution in [-0.4, -0.2) is 5.78 Å². The predicted molar refractivity (Wildman–Crippen MR) is 59.1 cm³/mol. The van der Waals surface area contributed by atoms with Crippen molar-refractivity contribution in [3.8, 4) is 0 Å². The van der Waals surface area contributed by atoms with E-state index in [2.05, 4.69) is 6.58 Å². The highest BCUT2D eigenvalue weighted by Crippen LogP contribution is 2.16. The predicted octanol–water partition coefficient (Wildman–Crippen LogP) is 3.01. The van der Waals surface area contributed by atoms with Crippen molar-refractivity contribution < 1.29 is 4.79 Å². The quantitative estimate of drug-likeness (QED) is 0.664. The van der Waals surface area contributed by atoms with E-state index in [1.807, 2.05) is 37.3 Å². The van der Waals surface area contributed by atoms with Gasteiger partial charge in [-0.25, -0.2) is 0 Å². The normalized spacial score (nSPS) is 12.1. The van der Waals surface area contributed by atoms with Gasteiger partial charge in [-0.05, 0) is 25.8 Å². The average molecular weight is 188 g/mol. The molecule has 1 unspecified atom stereocenters. The van der Waals surface area contributed by atoms with Crippen molar-refractivity contribution in [3.63, 3.8) is 0 Å². The number of ketones is 1. The number of benzene rings is 1. The molecule has 0 aliphatic heterocycles. The third-order valence-corrected chi connectivity index (χ3v) is 2.37. The first-order chi connectivity index (χ1) is 6.61. The van der Waals surface area contributed by atoms with E-state index in [0.29, 0.717) is 0 Å². The van der Waals surface area contributed by atoms with E-state index in [1.54, 1.807) is 6.92 Å². The van der Waals surface area contributed by atoms with Gasteiger partial charge in [0.25, 0.3) is 0 Å². The number of hydrogen-bond acceptors (Lipinski definition) is 1. The maximum absolute atomic E-state index is 11.3. The number of carbonyl (C=O) groups is 1. The van der Waals surface area contributed by atoms with Gasteiger partial charge >= 0.3 is 0 Å². The second kappa shape index (κ2) is 4.75. The zero-order valence-electron chi connectivity index (χ0n) is 8.79. The Morgan fingerprint density at radius 2 is 1.86 bits per heavy atom. The van der Waals surface area contributed by atoms with E-state index in [0.717, 1.165) is 12.0 Å². The van der Waals surface area contributed by atoms with Crippen LogP contribution in [0.3, 0.4) is 0 Å². The minimum Gasteiger partial charge on any atom is -0.299 e. The summed E-state index contributed by atoms with van der Waals surface area (Å²) in [7, 11) is 0. The first kappa shape index (κ1) is 10.7. The van der Waals surface area contributed by atoms with E-state index in [9.17, 15) is 4.79 Å². The fourth-order valence-electron chi connectivity index (χ4n) is 1.51. The molecule has 0 fully saturated rings. The fourth-order valence-corrected chi connectivity index (χ4v) is 1.51. The second-order valence-corrected chi connectivity index (χ2v) is 3.70. The van der Waals surface area contributed by atoms with Crippen LogP contribution in [0.1, 0.15) is 19.4 Å². The molecule has 0 aliphatic rings. The summed E-state index contributed by atoms with van der Waals surface area (Å²) in [6.07, 6.45) is 0.769. The molecule has 0 saturated heterocycles. The summed E-state index contributed by atoms with van der Waals surface area (Å²) in [6, 6.07) is 10.0. The summed E-state index contributed by atoms with van der Waals surface area (Å²) in [4.78, 5) is 11.3. The Kier molecular flexibility index (Phi) is 3.63. The number of hydrogen-bond donors (Lipinski definition) is 0. The largest absolute Gasteiger partial charge is 0.299 e. The molecule has 1 atom stereocenters. The van der Waals surface area contributed by atoms with Crippen molar-refractivity contribution in [2.24, 2.45) is 5.92 Å². The van der Waals surface area contributed by atoms with Crippen molar-refractivity contribution in [2.45, 2.75) is 20.3 Å². The maximum Gasteiger partial charge on any atom is 0.137 e. The summed E-state index contributed by atoms with van der Waals surface area (Å²) < 4.78 is 0. The Morgan fingerprint density at radius 3 is 2.29 bits per heavy atom. The lowest BCUT2D eigenvalue weighted by molar-refractivity contribution is -0.119. The van der Waals surface area contributed by atoms with Gasteiger partial charge in [-0.15, -0.1) is 0 Å². The van der Waals surface area contributed by atoms with Gasteiger partial charge < -0.3 is 0 Å².